The molecule has 2 N–H and O–H groups in total. The van der Waals surface area contributed by atoms with Gasteiger partial charge in [0.1, 0.15) is 6.54 Å². The first kappa shape index (κ1) is 31.1. The Hall–Kier alpha value is -4.48. The van der Waals surface area contributed by atoms with E-state index in [-0.39, 0.29) is 41.9 Å². The zero-order chi connectivity index (χ0) is 30.2. The van der Waals surface area contributed by atoms with Crippen LogP contribution in [0.5, 0.6) is 0 Å². The smallest absolute Gasteiger partial charge is 0.350 e. The Morgan fingerprint density at radius 2 is 1.66 bits per heavy atom. The lowest BCUT2D eigenvalue weighted by Crippen LogP contribution is -2.38. The van der Waals surface area contributed by atoms with E-state index >= 15 is 0 Å². The summed E-state index contributed by atoms with van der Waals surface area (Å²) in [4.78, 5) is 38.2. The highest BCUT2D eigenvalue weighted by Gasteiger charge is 2.34. The molecule has 0 fully saturated rings. The van der Waals surface area contributed by atoms with Crippen molar-refractivity contribution in [3.63, 3.8) is 0 Å². The molecule has 2 aromatic rings. The summed E-state index contributed by atoms with van der Waals surface area (Å²) >= 11 is 0. The Morgan fingerprint density at radius 3 is 2.22 bits per heavy atom. The second kappa shape index (κ2) is 13.7. The van der Waals surface area contributed by atoms with Crippen molar-refractivity contribution in [1.82, 2.24) is 15.3 Å². The van der Waals surface area contributed by atoms with Gasteiger partial charge in [-0.3, -0.25) is 19.4 Å². The van der Waals surface area contributed by atoms with Gasteiger partial charge in [-0.25, -0.2) is 0 Å². The van der Waals surface area contributed by atoms with Gasteiger partial charge in [-0.1, -0.05) is 55.5 Å². The van der Waals surface area contributed by atoms with Crippen LogP contribution in [0.4, 0.5) is 18.9 Å². The van der Waals surface area contributed by atoms with Crippen molar-refractivity contribution in [2.45, 2.75) is 52.9 Å². The summed E-state index contributed by atoms with van der Waals surface area (Å²) in [5, 5.41) is 16.0. The fourth-order valence-electron chi connectivity index (χ4n) is 3.71. The third-order valence-corrected chi connectivity index (χ3v) is 6.41. The van der Waals surface area contributed by atoms with Crippen LogP contribution in [0.1, 0.15) is 60.4 Å². The molecule has 1 aliphatic rings. The quantitative estimate of drug-likeness (QED) is 0.339. The van der Waals surface area contributed by atoms with E-state index in [1.54, 1.807) is 55.5 Å². The number of benzene rings is 2. The van der Waals surface area contributed by atoms with E-state index in [4.69, 9.17) is 0 Å². The van der Waals surface area contributed by atoms with E-state index in [1.807, 2.05) is 13.8 Å². The second-order valence-corrected chi connectivity index (χ2v) is 9.59. The van der Waals surface area contributed by atoms with Crippen molar-refractivity contribution in [2.75, 3.05) is 11.9 Å². The van der Waals surface area contributed by atoms with Gasteiger partial charge in [0, 0.05) is 11.7 Å². The minimum absolute atomic E-state index is 0.0296. The zero-order valence-corrected chi connectivity index (χ0v) is 23.3. The number of carbonyl (C=O) groups excluding carboxylic acids is 3. The van der Waals surface area contributed by atoms with Gasteiger partial charge in [0.05, 0.1) is 29.3 Å². The van der Waals surface area contributed by atoms with E-state index in [2.05, 4.69) is 21.1 Å². The van der Waals surface area contributed by atoms with Crippen molar-refractivity contribution >= 4 is 23.4 Å². The Morgan fingerprint density at radius 1 is 1.02 bits per heavy atom. The molecule has 0 saturated carbocycles. The molecule has 0 spiro atoms. The minimum atomic E-state index is -4.38. The van der Waals surface area contributed by atoms with Crippen LogP contribution < -0.4 is 10.6 Å². The number of hydrogen-bond donors (Lipinski definition) is 2. The lowest BCUT2D eigenvalue weighted by atomic mass is 10.1. The van der Waals surface area contributed by atoms with E-state index < -0.39 is 23.9 Å². The topological polar surface area (TPSA) is 106 Å². The normalized spacial score (nSPS) is 15.7. The summed E-state index contributed by atoms with van der Waals surface area (Å²) in [7, 11) is 0. The van der Waals surface area contributed by atoms with E-state index in [0.717, 1.165) is 30.0 Å². The van der Waals surface area contributed by atoms with Crippen LogP contribution in [0, 0.1) is 5.92 Å². The first-order chi connectivity index (χ1) is 19.4. The van der Waals surface area contributed by atoms with Crippen LogP contribution in [0.2, 0.25) is 0 Å². The highest BCUT2D eigenvalue weighted by molar-refractivity contribution is 6.12. The van der Waals surface area contributed by atoms with Gasteiger partial charge in [-0.15, -0.1) is 0 Å². The lowest BCUT2D eigenvalue weighted by molar-refractivity contribution is -0.156. The summed E-state index contributed by atoms with van der Waals surface area (Å²) in [6.07, 6.45) is 0.0255. The largest absolute Gasteiger partial charge is 0.394 e. The van der Waals surface area contributed by atoms with Crippen LogP contribution in [0.15, 0.2) is 82.9 Å². The number of amides is 3. The van der Waals surface area contributed by atoms with E-state index in [1.165, 1.54) is 17.2 Å². The maximum Gasteiger partial charge on any atom is 0.394 e. The molecule has 41 heavy (non-hydrogen) atoms. The predicted molar refractivity (Wildman–Crippen MR) is 148 cm³/mol. The Balaban J connectivity index is 1.62. The molecule has 12 heteroatoms. The molecule has 3 amide bonds. The van der Waals surface area contributed by atoms with Crippen LogP contribution in [0.25, 0.3) is 0 Å². The van der Waals surface area contributed by atoms with Gasteiger partial charge in [0.25, 0.3) is 17.7 Å². The number of nitrogens with one attached hydrogen (secondary N) is 2. The lowest BCUT2D eigenvalue weighted by Gasteiger charge is -2.27. The van der Waals surface area contributed by atoms with Crippen LogP contribution in [-0.2, 0) is 11.3 Å². The number of allylic oxidation sites excluding steroid dienone is 3. The van der Waals surface area contributed by atoms with E-state index in [9.17, 15) is 27.6 Å². The van der Waals surface area contributed by atoms with Gasteiger partial charge >= 0.3 is 6.18 Å². The Labute approximate surface area is 236 Å². The number of carbonyl (C=O) groups is 3. The number of alkyl halides is 3. The molecule has 3 rings (SSSR count). The van der Waals surface area contributed by atoms with Gasteiger partial charge in [0.2, 0.25) is 0 Å². The molecular weight excluding hydrogens is 537 g/mol. The van der Waals surface area contributed by atoms with Crippen molar-refractivity contribution < 1.29 is 27.6 Å². The highest BCUT2D eigenvalue weighted by Crippen LogP contribution is 2.27. The standard InChI is InChI=1S/C29H33F3N6O3/c1-5-20(4)33-27(40)24-9-7-8-10-25(24)28(41)34-22-14-12-21(13-15-22)17-37-18-26(39)38(36-35-37)23(6-2)16-11-19(3)29(30,31)32/h6-16,19-20H,5,17-18H2,1-4H3,(H,33,40)(H,34,41)/b16-11-,23-6+. The maximum atomic E-state index is 12.9. The molecule has 2 unspecified atom stereocenters. The van der Waals surface area contributed by atoms with Gasteiger partial charge in [0.15, 0.2) is 0 Å². The molecule has 1 aliphatic heterocycles. The zero-order valence-electron chi connectivity index (χ0n) is 23.3. The number of halogens is 3. The molecule has 0 saturated heterocycles. The molecule has 2 atom stereocenters. The number of nitrogens with zero attached hydrogens (tertiary/aromatic N) is 4. The molecule has 0 bridgehead atoms. The summed E-state index contributed by atoms with van der Waals surface area (Å²) in [5.74, 6) is -2.88. The predicted octanol–water partition coefficient (Wildman–Crippen LogP) is 6.05. The van der Waals surface area contributed by atoms with E-state index in [0.29, 0.717) is 5.69 Å². The van der Waals surface area contributed by atoms with Gasteiger partial charge in [-0.2, -0.15) is 18.2 Å². The molecule has 218 valence electrons. The van der Waals surface area contributed by atoms with Crippen molar-refractivity contribution in [2.24, 2.45) is 16.4 Å². The average Bonchev–Trinajstić information content (AvgIpc) is 2.94. The average molecular weight is 571 g/mol. The molecule has 0 aromatic heterocycles. The number of anilines is 1. The first-order valence-electron chi connectivity index (χ1n) is 13.1. The molecule has 1 heterocycles. The van der Waals surface area contributed by atoms with Crippen molar-refractivity contribution in [3.05, 3.63) is 89.1 Å². The molecule has 2 aromatic carbocycles. The second-order valence-electron chi connectivity index (χ2n) is 9.59. The van der Waals surface area contributed by atoms with Gasteiger partial charge in [-0.05, 0) is 61.4 Å². The number of hydrogen-bond acceptors (Lipinski definition) is 6. The van der Waals surface area contributed by atoms with Crippen molar-refractivity contribution in [1.29, 1.82) is 0 Å². The van der Waals surface area contributed by atoms with Crippen LogP contribution in [0.3, 0.4) is 0 Å². The third kappa shape index (κ3) is 8.50. The summed E-state index contributed by atoms with van der Waals surface area (Å²) in [6, 6.07) is 13.4. The summed E-state index contributed by atoms with van der Waals surface area (Å²) in [6.45, 7) is 6.57. The Bertz CT molecular complexity index is 1340. The Kier molecular flexibility index (Phi) is 10.4. The van der Waals surface area contributed by atoms with Crippen LogP contribution >= 0.6 is 0 Å². The first-order valence-corrected chi connectivity index (χ1v) is 13.1. The van der Waals surface area contributed by atoms with Crippen LogP contribution in [-0.4, -0.2) is 46.5 Å². The SMILES string of the molecule is C/C=C(\C=C/C(C)C(F)(F)F)N1N=NN(Cc2ccc(NC(=O)c3ccccc3C(=O)NC(C)CC)cc2)CC1=O. The maximum absolute atomic E-state index is 12.9. The molecule has 0 radical (unpaired) electrons. The third-order valence-electron chi connectivity index (χ3n) is 6.41. The number of rotatable bonds is 10. The minimum Gasteiger partial charge on any atom is -0.350 e. The van der Waals surface area contributed by atoms with Crippen molar-refractivity contribution in [3.8, 4) is 0 Å². The summed E-state index contributed by atoms with van der Waals surface area (Å²) in [5.41, 5.74) is 2.01. The monoisotopic (exact) mass is 570 g/mol. The summed E-state index contributed by atoms with van der Waals surface area (Å²) < 4.78 is 38.4. The molecule has 0 aliphatic carbocycles. The molecular formula is C29H33F3N6O3. The fraction of sp³-hybridized carbons (Fsp3) is 0.345. The van der Waals surface area contributed by atoms with Gasteiger partial charge < -0.3 is 10.6 Å². The molecule has 9 nitrogen and oxygen atoms in total. The highest BCUT2D eigenvalue weighted by atomic mass is 19.4. The fourth-order valence-corrected chi connectivity index (χ4v) is 3.71.